The molecule has 1 aliphatic heterocycles. The zero-order valence-electron chi connectivity index (χ0n) is 16.6. The van der Waals surface area contributed by atoms with Gasteiger partial charge in [-0.15, -0.1) is 0 Å². The van der Waals surface area contributed by atoms with Crippen molar-refractivity contribution >= 4 is 16.9 Å². The number of aromatic amines is 1. The van der Waals surface area contributed by atoms with Gasteiger partial charge in [0.1, 0.15) is 5.82 Å². The third-order valence-electron chi connectivity index (χ3n) is 5.31. The van der Waals surface area contributed by atoms with E-state index in [0.29, 0.717) is 31.8 Å². The summed E-state index contributed by atoms with van der Waals surface area (Å²) in [6.07, 6.45) is -10.00. The SMILES string of the molecule is O=C(c1cc(C(F)(F)F)cc(C(F)(F)F)c1)N1CCN(Cc2nc3ccccc3[nH]2)CC1. The van der Waals surface area contributed by atoms with Gasteiger partial charge in [0.05, 0.1) is 28.7 Å². The van der Waals surface area contributed by atoms with E-state index in [1.54, 1.807) is 0 Å². The van der Waals surface area contributed by atoms with Gasteiger partial charge in [0.2, 0.25) is 0 Å². The van der Waals surface area contributed by atoms with E-state index < -0.39 is 35.0 Å². The number of nitrogens with one attached hydrogen (secondary N) is 1. The Bertz CT molecular complexity index is 1060. The number of imidazole rings is 1. The molecular weight excluding hydrogens is 438 g/mol. The summed E-state index contributed by atoms with van der Waals surface area (Å²) >= 11 is 0. The molecule has 1 aliphatic rings. The number of alkyl halides is 6. The molecule has 0 bridgehead atoms. The summed E-state index contributed by atoms with van der Waals surface area (Å²) in [5, 5.41) is 0. The van der Waals surface area contributed by atoms with Gasteiger partial charge in [0.15, 0.2) is 0 Å². The number of aromatic nitrogens is 2. The molecular formula is C21H18F6N4O. The number of benzene rings is 2. The molecule has 2 heterocycles. The third-order valence-corrected chi connectivity index (χ3v) is 5.31. The maximum absolute atomic E-state index is 13.1. The second-order valence-corrected chi connectivity index (χ2v) is 7.56. The Balaban J connectivity index is 1.46. The normalized spacial score (nSPS) is 16.0. The van der Waals surface area contributed by atoms with E-state index >= 15 is 0 Å². The van der Waals surface area contributed by atoms with Crippen LogP contribution < -0.4 is 0 Å². The molecule has 170 valence electrons. The number of carbonyl (C=O) groups excluding carboxylic acids is 1. The Labute approximate surface area is 178 Å². The molecule has 0 spiro atoms. The van der Waals surface area contributed by atoms with Crippen molar-refractivity contribution in [2.45, 2.75) is 18.9 Å². The van der Waals surface area contributed by atoms with E-state index in [2.05, 4.69) is 9.97 Å². The number of carbonyl (C=O) groups is 1. The number of nitrogens with zero attached hydrogens (tertiary/aromatic N) is 3. The first-order chi connectivity index (χ1) is 15.0. The Morgan fingerprint density at radius 1 is 0.906 bits per heavy atom. The van der Waals surface area contributed by atoms with Crippen LogP contribution in [0.25, 0.3) is 11.0 Å². The van der Waals surface area contributed by atoms with Crippen molar-refractivity contribution in [1.82, 2.24) is 19.8 Å². The Morgan fingerprint density at radius 2 is 1.50 bits per heavy atom. The van der Waals surface area contributed by atoms with Gasteiger partial charge in [0, 0.05) is 31.7 Å². The van der Waals surface area contributed by atoms with Crippen molar-refractivity contribution in [3.8, 4) is 0 Å². The van der Waals surface area contributed by atoms with E-state index in [9.17, 15) is 31.1 Å². The maximum Gasteiger partial charge on any atom is 0.416 e. The first-order valence-corrected chi connectivity index (χ1v) is 9.75. The number of H-pyrrole nitrogens is 1. The smallest absolute Gasteiger partial charge is 0.341 e. The second-order valence-electron chi connectivity index (χ2n) is 7.56. The van der Waals surface area contributed by atoms with Crippen LogP contribution >= 0.6 is 0 Å². The molecule has 1 saturated heterocycles. The van der Waals surface area contributed by atoms with Gasteiger partial charge in [-0.1, -0.05) is 12.1 Å². The van der Waals surface area contributed by atoms with E-state index in [1.165, 1.54) is 4.90 Å². The molecule has 1 amide bonds. The van der Waals surface area contributed by atoms with Crippen LogP contribution in [0.4, 0.5) is 26.3 Å². The van der Waals surface area contributed by atoms with Crippen LogP contribution in [0.3, 0.4) is 0 Å². The van der Waals surface area contributed by atoms with Crippen LogP contribution in [0.5, 0.6) is 0 Å². The number of rotatable bonds is 3. The molecule has 0 aliphatic carbocycles. The lowest BCUT2D eigenvalue weighted by Gasteiger charge is -2.34. The summed E-state index contributed by atoms with van der Waals surface area (Å²) < 4.78 is 78.4. The average molecular weight is 456 g/mol. The van der Waals surface area contributed by atoms with Crippen molar-refractivity contribution in [3.05, 3.63) is 65.0 Å². The number of para-hydroxylation sites is 2. The average Bonchev–Trinajstić information content (AvgIpc) is 3.14. The van der Waals surface area contributed by atoms with Crippen LogP contribution in [0.15, 0.2) is 42.5 Å². The largest absolute Gasteiger partial charge is 0.416 e. The number of hydrogen-bond acceptors (Lipinski definition) is 3. The van der Waals surface area contributed by atoms with Crippen LogP contribution in [0.1, 0.15) is 27.3 Å². The highest BCUT2D eigenvalue weighted by atomic mass is 19.4. The first kappa shape index (κ1) is 22.1. The molecule has 3 aromatic rings. The molecule has 0 unspecified atom stereocenters. The van der Waals surface area contributed by atoms with E-state index in [4.69, 9.17) is 0 Å². The molecule has 32 heavy (non-hydrogen) atoms. The standard InChI is InChI=1S/C21H18F6N4O/c22-20(23,24)14-9-13(10-15(11-14)21(25,26)27)19(32)31-7-5-30(6-8-31)12-18-28-16-3-1-2-4-17(16)29-18/h1-4,9-11H,5-8,12H2,(H,28,29). The molecule has 4 rings (SSSR count). The van der Waals surface area contributed by atoms with Crippen molar-refractivity contribution in [1.29, 1.82) is 0 Å². The summed E-state index contributed by atoms with van der Waals surface area (Å²) in [5.74, 6) is -0.122. The van der Waals surface area contributed by atoms with E-state index in [-0.39, 0.29) is 19.2 Å². The Hall–Kier alpha value is -3.08. The number of fused-ring (bicyclic) bond motifs is 1. The Kier molecular flexibility index (Phi) is 5.61. The zero-order valence-corrected chi connectivity index (χ0v) is 16.6. The lowest BCUT2D eigenvalue weighted by atomic mass is 10.0. The van der Waals surface area contributed by atoms with Gasteiger partial charge in [-0.3, -0.25) is 9.69 Å². The van der Waals surface area contributed by atoms with Crippen molar-refractivity contribution < 1.29 is 31.1 Å². The summed E-state index contributed by atoms with van der Waals surface area (Å²) in [6.45, 7) is 1.66. The minimum Gasteiger partial charge on any atom is -0.341 e. The van der Waals surface area contributed by atoms with E-state index in [1.807, 2.05) is 29.2 Å². The monoisotopic (exact) mass is 456 g/mol. The molecule has 2 aromatic carbocycles. The molecule has 1 fully saturated rings. The summed E-state index contributed by atoms with van der Waals surface area (Å²) in [4.78, 5) is 23.7. The maximum atomic E-state index is 13.1. The summed E-state index contributed by atoms with van der Waals surface area (Å²) in [7, 11) is 0. The summed E-state index contributed by atoms with van der Waals surface area (Å²) in [6, 6.07) is 8.48. The molecule has 0 atom stereocenters. The number of hydrogen-bond donors (Lipinski definition) is 1. The molecule has 5 nitrogen and oxygen atoms in total. The van der Waals surface area contributed by atoms with Crippen LogP contribution in [0.2, 0.25) is 0 Å². The van der Waals surface area contributed by atoms with E-state index in [0.717, 1.165) is 16.9 Å². The fraction of sp³-hybridized carbons (Fsp3) is 0.333. The van der Waals surface area contributed by atoms with Gasteiger partial charge in [-0.25, -0.2) is 4.98 Å². The van der Waals surface area contributed by atoms with Crippen LogP contribution in [-0.2, 0) is 18.9 Å². The van der Waals surface area contributed by atoms with Gasteiger partial charge < -0.3 is 9.88 Å². The minimum absolute atomic E-state index is 0.0159. The molecule has 11 heteroatoms. The highest BCUT2D eigenvalue weighted by Crippen LogP contribution is 2.36. The minimum atomic E-state index is -5.00. The molecule has 0 radical (unpaired) electrons. The van der Waals surface area contributed by atoms with Crippen molar-refractivity contribution in [2.75, 3.05) is 26.2 Å². The first-order valence-electron chi connectivity index (χ1n) is 9.75. The third kappa shape index (κ3) is 4.72. The predicted octanol–water partition coefficient (Wildman–Crippen LogP) is 4.56. The van der Waals surface area contributed by atoms with Crippen LogP contribution in [-0.4, -0.2) is 51.9 Å². The molecule has 1 aromatic heterocycles. The fourth-order valence-electron chi connectivity index (χ4n) is 3.66. The Morgan fingerprint density at radius 3 is 2.06 bits per heavy atom. The highest BCUT2D eigenvalue weighted by molar-refractivity contribution is 5.94. The van der Waals surface area contributed by atoms with Crippen molar-refractivity contribution in [2.24, 2.45) is 0 Å². The summed E-state index contributed by atoms with van der Waals surface area (Å²) in [5.41, 5.74) is -1.92. The number of halogens is 6. The number of amides is 1. The van der Waals surface area contributed by atoms with Gasteiger partial charge in [-0.05, 0) is 30.3 Å². The lowest BCUT2D eigenvalue weighted by molar-refractivity contribution is -0.143. The lowest BCUT2D eigenvalue weighted by Crippen LogP contribution is -2.48. The topological polar surface area (TPSA) is 52.2 Å². The number of piperazine rings is 1. The predicted molar refractivity (Wildman–Crippen MR) is 104 cm³/mol. The van der Waals surface area contributed by atoms with Gasteiger partial charge in [0.25, 0.3) is 5.91 Å². The fourth-order valence-corrected chi connectivity index (χ4v) is 3.66. The van der Waals surface area contributed by atoms with Crippen molar-refractivity contribution in [3.63, 3.8) is 0 Å². The highest BCUT2D eigenvalue weighted by Gasteiger charge is 2.38. The second kappa shape index (κ2) is 8.12. The van der Waals surface area contributed by atoms with Gasteiger partial charge in [-0.2, -0.15) is 26.3 Å². The zero-order chi connectivity index (χ0) is 23.1. The molecule has 0 saturated carbocycles. The molecule has 1 N–H and O–H groups in total. The van der Waals surface area contributed by atoms with Crippen LogP contribution in [0, 0.1) is 0 Å². The quantitative estimate of drug-likeness (QED) is 0.588. The van der Waals surface area contributed by atoms with Gasteiger partial charge >= 0.3 is 12.4 Å².